The number of amides is 1. The molecule has 2 atom stereocenters. The lowest BCUT2D eigenvalue weighted by Gasteiger charge is -2.16. The number of nitrogens with one attached hydrogen (secondary N) is 1. The summed E-state index contributed by atoms with van der Waals surface area (Å²) in [5.74, 6) is 1.52. The normalized spacial score (nSPS) is 11.4. The lowest BCUT2D eigenvalue weighted by atomic mass is 10.1. The van der Waals surface area contributed by atoms with Crippen LogP contribution in [0.3, 0.4) is 0 Å². The maximum atomic E-state index is 11.3. The molecular weight excluding hydrogens is 1750 g/mol. The van der Waals surface area contributed by atoms with E-state index in [2.05, 4.69) is 147 Å². The van der Waals surface area contributed by atoms with Gasteiger partial charge in [0.2, 0.25) is 5.91 Å². The van der Waals surface area contributed by atoms with Crippen molar-refractivity contribution in [1.82, 2.24) is 5.32 Å². The Morgan fingerprint density at radius 1 is 0.631 bits per heavy atom. The van der Waals surface area contributed by atoms with Crippen molar-refractivity contribution in [2.24, 2.45) is 11.8 Å². The zero-order valence-electron chi connectivity index (χ0n) is 36.1. The van der Waals surface area contributed by atoms with E-state index in [4.69, 9.17) is 9.47 Å². The number of aromatic hydroxyl groups is 2. The van der Waals surface area contributed by atoms with Crippen LogP contribution in [0.1, 0.15) is 72.4 Å². The molecule has 4 rings (SSSR count). The van der Waals surface area contributed by atoms with Crippen molar-refractivity contribution >= 4 is 210 Å². The summed E-state index contributed by atoms with van der Waals surface area (Å²) in [7, 11) is 0. The van der Waals surface area contributed by atoms with Gasteiger partial charge in [-0.2, -0.15) is 0 Å². The molecule has 0 spiro atoms. The molecular formula is C44H48I8N2O11. The highest BCUT2D eigenvalue weighted by Gasteiger charge is 2.21. The summed E-state index contributed by atoms with van der Waals surface area (Å²) in [5.41, 5.74) is 5.24. The van der Waals surface area contributed by atoms with Crippen LogP contribution in [-0.4, -0.2) is 56.8 Å². The first-order valence-corrected chi connectivity index (χ1v) is 28.0. The van der Waals surface area contributed by atoms with E-state index in [0.29, 0.717) is 49.5 Å². The summed E-state index contributed by atoms with van der Waals surface area (Å²) < 4.78 is 18.2. The second kappa shape index (κ2) is 31.1. The van der Waals surface area contributed by atoms with E-state index in [0.717, 1.165) is 38.2 Å². The number of Topliss-reactive ketones (excluding diaryl/α,β-unsaturated/α-hetero) is 2. The zero-order valence-corrected chi connectivity index (χ0v) is 53.4. The number of hydrogen-bond acceptors (Lipinski definition) is 10. The molecule has 356 valence electrons. The van der Waals surface area contributed by atoms with Crippen molar-refractivity contribution in [3.8, 4) is 34.5 Å². The Hall–Kier alpha value is -0.370. The molecule has 0 saturated heterocycles. The van der Waals surface area contributed by atoms with E-state index in [-0.39, 0.29) is 41.4 Å². The summed E-state index contributed by atoms with van der Waals surface area (Å²) in [5, 5.41) is 42.3. The SMILES string of the molecule is CC(=O)C(C)C.CC(=O)NC(Cc1cc(I)c(Oc2cc(I)c(O)c(I)c2)c(I)c1)C(=O)O.CCCC(=O)C(C)C.[NH3+]C(Cc1cc(I)c(Oc2cc(I)c(O)c(I)c2)c(I)c1)C(=O)[O-]. The number of phenolic OH excluding ortho intramolecular Hbond substituents is 2. The smallest absolute Gasteiger partial charge is 0.326 e. The van der Waals surface area contributed by atoms with Gasteiger partial charge >= 0.3 is 5.97 Å². The number of rotatable bonds is 15. The van der Waals surface area contributed by atoms with Crippen LogP contribution in [-0.2, 0) is 36.8 Å². The number of carbonyl (C=O) groups is 5. The first-order valence-electron chi connectivity index (χ1n) is 19.3. The number of carbonyl (C=O) groups excluding carboxylic acids is 4. The number of carboxylic acids is 2. The Morgan fingerprint density at radius 2 is 0.969 bits per heavy atom. The van der Waals surface area contributed by atoms with Crippen molar-refractivity contribution in [3.63, 3.8) is 0 Å². The molecule has 4 aromatic carbocycles. The van der Waals surface area contributed by atoms with E-state index in [9.17, 15) is 44.4 Å². The summed E-state index contributed by atoms with van der Waals surface area (Å²) in [6, 6.07) is 12.7. The molecule has 0 aliphatic rings. The maximum Gasteiger partial charge on any atom is 0.326 e. The van der Waals surface area contributed by atoms with Crippen LogP contribution in [0, 0.1) is 40.4 Å². The molecule has 65 heavy (non-hydrogen) atoms. The van der Waals surface area contributed by atoms with Crippen LogP contribution in [0.25, 0.3) is 0 Å². The van der Waals surface area contributed by atoms with Crippen molar-refractivity contribution in [3.05, 3.63) is 88.2 Å². The minimum atomic E-state index is -1.16. The van der Waals surface area contributed by atoms with Crippen LogP contribution < -0.4 is 25.6 Å². The third-order valence-electron chi connectivity index (χ3n) is 8.42. The van der Waals surface area contributed by atoms with Crippen molar-refractivity contribution in [1.29, 1.82) is 0 Å². The van der Waals surface area contributed by atoms with Crippen LogP contribution in [0.5, 0.6) is 34.5 Å². The average Bonchev–Trinajstić information content (AvgIpc) is 3.19. The molecule has 0 aromatic heterocycles. The van der Waals surface area contributed by atoms with E-state index >= 15 is 0 Å². The van der Waals surface area contributed by atoms with Crippen LogP contribution >= 0.6 is 181 Å². The van der Waals surface area contributed by atoms with E-state index in [1.54, 1.807) is 31.2 Å². The van der Waals surface area contributed by atoms with E-state index < -0.39 is 24.0 Å². The fourth-order valence-corrected chi connectivity index (χ4v) is 12.3. The van der Waals surface area contributed by atoms with Gasteiger partial charge in [0.05, 0.1) is 34.5 Å². The molecule has 0 radical (unpaired) electrons. The van der Waals surface area contributed by atoms with Crippen LogP contribution in [0.4, 0.5) is 0 Å². The van der Waals surface area contributed by atoms with E-state index in [1.165, 1.54) is 6.92 Å². The van der Waals surface area contributed by atoms with E-state index in [1.807, 2.05) is 104 Å². The molecule has 0 bridgehead atoms. The number of ether oxygens (including phenoxy) is 2. The van der Waals surface area contributed by atoms with Gasteiger partial charge in [-0.05, 0) is 254 Å². The minimum Gasteiger partial charge on any atom is -0.544 e. The molecule has 1 amide bonds. The van der Waals surface area contributed by atoms with Gasteiger partial charge in [0.15, 0.2) is 11.5 Å². The highest BCUT2D eigenvalue weighted by atomic mass is 127. The molecule has 4 aromatic rings. The lowest BCUT2D eigenvalue weighted by Crippen LogP contribution is -2.69. The first kappa shape index (κ1) is 62.6. The lowest BCUT2D eigenvalue weighted by molar-refractivity contribution is -0.437. The number of carboxylic acid groups (broad SMARTS) is 2. The Balaban J connectivity index is 0.000000505. The molecule has 0 heterocycles. The molecule has 2 unspecified atom stereocenters. The number of aliphatic carboxylic acids is 2. The predicted molar refractivity (Wildman–Crippen MR) is 316 cm³/mol. The van der Waals surface area contributed by atoms with Gasteiger partial charge < -0.3 is 45.7 Å². The van der Waals surface area contributed by atoms with Gasteiger partial charge in [-0.3, -0.25) is 14.4 Å². The summed E-state index contributed by atoms with van der Waals surface area (Å²) in [6.07, 6.45) is 2.22. The van der Waals surface area contributed by atoms with Crippen molar-refractivity contribution < 1.29 is 59.6 Å². The number of ketones is 2. The van der Waals surface area contributed by atoms with Gasteiger partial charge in [-0.15, -0.1) is 0 Å². The highest BCUT2D eigenvalue weighted by molar-refractivity contribution is 14.1. The molecule has 0 aliphatic carbocycles. The number of hydrogen-bond donors (Lipinski definition) is 5. The zero-order chi connectivity index (χ0) is 50.0. The third-order valence-corrected chi connectivity index (χ3v) is 14.9. The maximum absolute atomic E-state index is 11.3. The average molecular weight is 1800 g/mol. The molecule has 0 fully saturated rings. The summed E-state index contributed by atoms with van der Waals surface area (Å²) >= 11 is 16.8. The summed E-state index contributed by atoms with van der Waals surface area (Å²) in [6.45, 7) is 12.6. The monoisotopic (exact) mass is 1800 g/mol. The first-order chi connectivity index (χ1) is 30.1. The Kier molecular flexibility index (Phi) is 29.9. The van der Waals surface area contributed by atoms with Gasteiger partial charge in [-0.1, -0.05) is 34.6 Å². The fourth-order valence-electron chi connectivity index (χ4n) is 4.68. The molecule has 0 aliphatic heterocycles. The minimum absolute atomic E-state index is 0.177. The van der Waals surface area contributed by atoms with Gasteiger partial charge in [0.25, 0.3) is 0 Å². The standard InChI is InChI=1S/C17H13I4NO5.C15H11I4NO4.C7H14O.C5H10O/c1-7(23)22-14(17(25)26)4-8-2-12(20)16(13(21)3-8)27-9-5-10(18)15(24)11(19)6-9;16-8-4-7(5-9(17)13(8)21)24-14-10(18)1-6(2-11(14)19)3-12(20)15(22)23;1-4-5-7(8)6(2)3;1-4(2)5(3)6/h2-3,5-6,14,24H,4H2,1H3,(H,22,23)(H,25,26);1-2,4-5,12,21H,3,20H2,(H,22,23);6H,4-5H2,1-3H3;4H,1-3H3. The quantitative estimate of drug-likeness (QED) is 0.0704. The number of quaternary nitrogens is 1. The van der Waals surface area contributed by atoms with Gasteiger partial charge in [0, 0.05) is 38.0 Å². The Morgan fingerprint density at radius 3 is 1.22 bits per heavy atom. The fraction of sp³-hybridized carbons (Fsp3) is 0.341. The Labute approximate surface area is 488 Å². The van der Waals surface area contributed by atoms with Crippen LogP contribution in [0.15, 0.2) is 48.5 Å². The second-order valence-electron chi connectivity index (χ2n) is 14.6. The van der Waals surface area contributed by atoms with Crippen LogP contribution in [0.2, 0.25) is 0 Å². The number of benzene rings is 4. The largest absolute Gasteiger partial charge is 0.544 e. The number of phenols is 2. The van der Waals surface area contributed by atoms with Gasteiger partial charge in [-0.25, -0.2) is 4.79 Å². The van der Waals surface area contributed by atoms with Crippen molar-refractivity contribution in [2.75, 3.05) is 0 Å². The Bertz CT molecular complexity index is 2230. The molecule has 7 N–H and O–H groups in total. The molecule has 13 nitrogen and oxygen atoms in total. The topological polar surface area (TPSA) is 227 Å². The molecule has 21 heteroatoms. The molecule has 0 saturated carbocycles. The van der Waals surface area contributed by atoms with Gasteiger partial charge in [0.1, 0.15) is 46.6 Å². The summed E-state index contributed by atoms with van der Waals surface area (Å²) in [4.78, 5) is 54.3. The third kappa shape index (κ3) is 22.9. The number of halogens is 8. The predicted octanol–water partition coefficient (Wildman–Crippen LogP) is 10.5. The highest BCUT2D eigenvalue weighted by Crippen LogP contribution is 2.38. The van der Waals surface area contributed by atoms with Crippen molar-refractivity contribution in [2.45, 2.75) is 86.2 Å². The second-order valence-corrected chi connectivity index (χ2v) is 23.9.